The first-order chi connectivity index (χ1) is 4.66. The Bertz CT molecular complexity index is 132. The second-order valence-electron chi connectivity index (χ2n) is 2.06. The summed E-state index contributed by atoms with van der Waals surface area (Å²) in [4.78, 5) is 21.0. The van der Waals surface area contributed by atoms with Gasteiger partial charge < -0.3 is 5.32 Å². The Morgan fingerprint density at radius 1 is 1.50 bits per heavy atom. The lowest BCUT2D eigenvalue weighted by Gasteiger charge is -1.98. The van der Waals surface area contributed by atoms with Gasteiger partial charge in [-0.25, -0.2) is 0 Å². The van der Waals surface area contributed by atoms with Gasteiger partial charge in [0.25, 0.3) is 0 Å². The van der Waals surface area contributed by atoms with Crippen molar-refractivity contribution in [2.45, 2.75) is 26.7 Å². The summed E-state index contributed by atoms with van der Waals surface area (Å²) in [6.45, 7) is 4.94. The van der Waals surface area contributed by atoms with Crippen LogP contribution >= 0.6 is 0 Å². The van der Waals surface area contributed by atoms with Crippen molar-refractivity contribution in [3.05, 3.63) is 6.54 Å². The van der Waals surface area contributed by atoms with Gasteiger partial charge in [0, 0.05) is 6.54 Å². The maximum atomic E-state index is 10.6. The fourth-order valence-electron chi connectivity index (χ4n) is 0.493. The van der Waals surface area contributed by atoms with E-state index >= 15 is 0 Å². The van der Waals surface area contributed by atoms with E-state index in [9.17, 15) is 9.59 Å². The van der Waals surface area contributed by atoms with E-state index in [0.717, 1.165) is 6.42 Å². The predicted molar refractivity (Wildman–Crippen MR) is 38.0 cm³/mol. The summed E-state index contributed by atoms with van der Waals surface area (Å²) in [6.07, 6.45) is 0.764. The minimum absolute atomic E-state index is 0.0174. The van der Waals surface area contributed by atoms with Crippen LogP contribution < -0.4 is 5.32 Å². The Kier molecular flexibility index (Phi) is 4.54. The van der Waals surface area contributed by atoms with Gasteiger partial charge in [0.1, 0.15) is 5.78 Å². The molecule has 0 rings (SSSR count). The van der Waals surface area contributed by atoms with Gasteiger partial charge in [-0.2, -0.15) is 0 Å². The van der Waals surface area contributed by atoms with E-state index < -0.39 is 0 Å². The van der Waals surface area contributed by atoms with Gasteiger partial charge in [-0.1, -0.05) is 6.92 Å². The van der Waals surface area contributed by atoms with Crippen LogP contribution in [0.15, 0.2) is 0 Å². The van der Waals surface area contributed by atoms with Crippen molar-refractivity contribution in [2.75, 3.05) is 0 Å². The molecule has 3 nitrogen and oxygen atoms in total. The molecule has 0 bridgehead atoms. The summed E-state index contributed by atoms with van der Waals surface area (Å²) in [7, 11) is 0. The minimum Gasteiger partial charge on any atom is -0.351 e. The smallest absolute Gasteiger partial charge is 0.227 e. The van der Waals surface area contributed by atoms with Crippen LogP contribution in [0.5, 0.6) is 0 Å². The van der Waals surface area contributed by atoms with Crippen molar-refractivity contribution in [1.29, 1.82) is 0 Å². The summed E-state index contributed by atoms with van der Waals surface area (Å²) in [5, 5.41) is 2.48. The number of Topliss-reactive ketones (excluding diaryl/α,β-unsaturated/α-hetero) is 1. The quantitative estimate of drug-likeness (QED) is 0.586. The molecule has 0 heterocycles. The first-order valence-electron chi connectivity index (χ1n) is 3.27. The Morgan fingerprint density at radius 3 is 2.50 bits per heavy atom. The molecule has 0 atom stereocenters. The van der Waals surface area contributed by atoms with Crippen molar-refractivity contribution < 1.29 is 9.59 Å². The average Bonchev–Trinajstić information content (AvgIpc) is 1.82. The fraction of sp³-hybridized carbons (Fsp3) is 0.571. The summed E-state index contributed by atoms with van der Waals surface area (Å²) >= 11 is 0. The van der Waals surface area contributed by atoms with Crippen LogP contribution in [0, 0.1) is 6.54 Å². The molecule has 1 radical (unpaired) electrons. The first kappa shape index (κ1) is 9.14. The molecule has 0 saturated carbocycles. The maximum Gasteiger partial charge on any atom is 0.227 e. The lowest BCUT2D eigenvalue weighted by molar-refractivity contribution is -0.126. The molecule has 0 aromatic rings. The largest absolute Gasteiger partial charge is 0.351 e. The molecule has 0 aliphatic carbocycles. The van der Waals surface area contributed by atoms with Crippen molar-refractivity contribution in [2.24, 2.45) is 0 Å². The van der Waals surface area contributed by atoms with Gasteiger partial charge in [-0.15, -0.1) is 0 Å². The third-order valence-corrected chi connectivity index (χ3v) is 0.877. The molecule has 1 amide bonds. The number of carbonyl (C=O) groups excluding carboxylic acids is 2. The Morgan fingerprint density at radius 2 is 2.10 bits per heavy atom. The molecule has 0 saturated heterocycles. The maximum absolute atomic E-state index is 10.6. The molecular formula is C7H12NO2. The highest BCUT2D eigenvalue weighted by atomic mass is 16.2. The van der Waals surface area contributed by atoms with E-state index in [0.29, 0.717) is 0 Å². The number of rotatable bonds is 4. The highest BCUT2D eigenvalue weighted by Crippen LogP contribution is 1.84. The molecule has 0 fully saturated rings. The highest BCUT2D eigenvalue weighted by Gasteiger charge is 2.02. The third-order valence-electron chi connectivity index (χ3n) is 0.877. The average molecular weight is 142 g/mol. The number of amides is 1. The molecule has 0 aliphatic rings. The van der Waals surface area contributed by atoms with E-state index in [2.05, 4.69) is 5.32 Å². The highest BCUT2D eigenvalue weighted by molar-refractivity contribution is 5.96. The van der Waals surface area contributed by atoms with Crippen LogP contribution in [0.3, 0.4) is 0 Å². The third kappa shape index (κ3) is 5.28. The number of hydrogen-bond acceptors (Lipinski definition) is 2. The SMILES string of the molecule is CC[CH]NC(=O)CC(C)=O. The van der Waals surface area contributed by atoms with E-state index in [1.54, 1.807) is 6.54 Å². The van der Waals surface area contributed by atoms with Crippen LogP contribution in [0.1, 0.15) is 26.7 Å². The van der Waals surface area contributed by atoms with Crippen LogP contribution in [-0.2, 0) is 9.59 Å². The number of carbonyl (C=O) groups is 2. The molecule has 57 valence electrons. The molecule has 1 N–H and O–H groups in total. The standard InChI is InChI=1S/C7H12NO2/c1-3-4-8-7(10)5-6(2)9/h4H,3,5H2,1-2H3,(H,8,10). The van der Waals surface area contributed by atoms with Gasteiger partial charge >= 0.3 is 0 Å². The predicted octanol–water partition coefficient (Wildman–Crippen LogP) is 0.653. The molecule has 0 aromatic carbocycles. The Balaban J connectivity index is 3.35. The molecule has 0 unspecified atom stereocenters. The molecular weight excluding hydrogens is 130 g/mol. The number of nitrogens with one attached hydrogen (secondary N) is 1. The zero-order chi connectivity index (χ0) is 7.98. The van der Waals surface area contributed by atoms with Crippen LogP contribution in [0.2, 0.25) is 0 Å². The molecule has 10 heavy (non-hydrogen) atoms. The van der Waals surface area contributed by atoms with Crippen LogP contribution in [0.4, 0.5) is 0 Å². The summed E-state index contributed by atoms with van der Waals surface area (Å²) in [6, 6.07) is 0. The van der Waals surface area contributed by atoms with Crippen LogP contribution in [0.25, 0.3) is 0 Å². The molecule has 0 spiro atoms. The normalized spacial score (nSPS) is 9.00. The zero-order valence-electron chi connectivity index (χ0n) is 6.31. The van der Waals surface area contributed by atoms with Crippen molar-refractivity contribution >= 4 is 11.7 Å². The minimum atomic E-state index is -0.227. The van der Waals surface area contributed by atoms with Gasteiger partial charge in [0.2, 0.25) is 5.91 Å². The van der Waals surface area contributed by atoms with Gasteiger partial charge in [0.05, 0.1) is 6.42 Å². The molecule has 0 aliphatic heterocycles. The summed E-state index contributed by atoms with van der Waals surface area (Å²) in [5.74, 6) is -0.337. The van der Waals surface area contributed by atoms with E-state index in [1.807, 2.05) is 6.92 Å². The lowest BCUT2D eigenvalue weighted by Crippen LogP contribution is -2.21. The van der Waals surface area contributed by atoms with Gasteiger partial charge in [0.15, 0.2) is 0 Å². The number of hydrogen-bond donors (Lipinski definition) is 1. The molecule has 3 heteroatoms. The number of ketones is 1. The van der Waals surface area contributed by atoms with E-state index in [4.69, 9.17) is 0 Å². The second-order valence-corrected chi connectivity index (χ2v) is 2.06. The van der Waals surface area contributed by atoms with Crippen LogP contribution in [-0.4, -0.2) is 11.7 Å². The zero-order valence-corrected chi connectivity index (χ0v) is 6.31. The summed E-state index contributed by atoms with van der Waals surface area (Å²) in [5.41, 5.74) is 0. The van der Waals surface area contributed by atoms with Crippen molar-refractivity contribution in [1.82, 2.24) is 5.32 Å². The summed E-state index contributed by atoms with van der Waals surface area (Å²) < 4.78 is 0. The monoisotopic (exact) mass is 142 g/mol. The van der Waals surface area contributed by atoms with Crippen molar-refractivity contribution in [3.63, 3.8) is 0 Å². The Labute approximate surface area is 60.8 Å². The topological polar surface area (TPSA) is 46.2 Å². The van der Waals surface area contributed by atoms with E-state index in [1.165, 1.54) is 6.92 Å². The van der Waals surface area contributed by atoms with Crippen molar-refractivity contribution in [3.8, 4) is 0 Å². The first-order valence-corrected chi connectivity index (χ1v) is 3.27. The molecule has 0 aromatic heterocycles. The second kappa shape index (κ2) is 4.97. The fourth-order valence-corrected chi connectivity index (χ4v) is 0.493. The van der Waals surface area contributed by atoms with Gasteiger partial charge in [-0.05, 0) is 13.3 Å². The lowest BCUT2D eigenvalue weighted by atomic mass is 10.3. The Hall–Kier alpha value is -0.860. The van der Waals surface area contributed by atoms with Gasteiger partial charge in [-0.3, -0.25) is 9.59 Å². The van der Waals surface area contributed by atoms with E-state index in [-0.39, 0.29) is 18.1 Å².